The summed E-state index contributed by atoms with van der Waals surface area (Å²) in [6.45, 7) is 6.30. The van der Waals surface area contributed by atoms with E-state index in [0.29, 0.717) is 12.3 Å². The first-order valence-electron chi connectivity index (χ1n) is 5.91. The van der Waals surface area contributed by atoms with Crippen LogP contribution in [0.3, 0.4) is 0 Å². The second-order valence-corrected chi connectivity index (χ2v) is 4.19. The zero-order chi connectivity index (χ0) is 11.0. The molecule has 0 bridgehead atoms. The van der Waals surface area contributed by atoms with Gasteiger partial charge in [0.25, 0.3) is 0 Å². The SMILES string of the molecule is CCCCCCC(=O)C(N)C(C)CC. The Hall–Kier alpha value is -0.370. The van der Waals surface area contributed by atoms with Gasteiger partial charge in [0.1, 0.15) is 5.78 Å². The van der Waals surface area contributed by atoms with Crippen LogP contribution in [0.25, 0.3) is 0 Å². The highest BCUT2D eigenvalue weighted by molar-refractivity contribution is 5.83. The molecule has 0 aliphatic carbocycles. The normalized spacial score (nSPS) is 15.1. The van der Waals surface area contributed by atoms with E-state index in [9.17, 15) is 4.79 Å². The number of hydrogen-bond acceptors (Lipinski definition) is 2. The fraction of sp³-hybridized carbons (Fsp3) is 0.917. The first-order chi connectivity index (χ1) is 6.63. The summed E-state index contributed by atoms with van der Waals surface area (Å²) >= 11 is 0. The molecule has 2 unspecified atom stereocenters. The van der Waals surface area contributed by atoms with Crippen molar-refractivity contribution in [2.45, 2.75) is 65.3 Å². The number of Topliss-reactive ketones (excluding diaryl/α,β-unsaturated/α-hetero) is 1. The topological polar surface area (TPSA) is 43.1 Å². The molecule has 0 saturated heterocycles. The van der Waals surface area contributed by atoms with Crippen LogP contribution in [0.2, 0.25) is 0 Å². The third-order valence-electron chi connectivity index (χ3n) is 2.91. The zero-order valence-electron chi connectivity index (χ0n) is 9.88. The van der Waals surface area contributed by atoms with E-state index in [1.54, 1.807) is 0 Å². The van der Waals surface area contributed by atoms with E-state index in [1.165, 1.54) is 12.8 Å². The summed E-state index contributed by atoms with van der Waals surface area (Å²) in [6, 6.07) is -0.235. The van der Waals surface area contributed by atoms with Gasteiger partial charge in [0.2, 0.25) is 0 Å². The van der Waals surface area contributed by atoms with Crippen molar-refractivity contribution in [3.8, 4) is 0 Å². The zero-order valence-corrected chi connectivity index (χ0v) is 9.88. The molecule has 0 radical (unpaired) electrons. The molecular formula is C12H25NO. The van der Waals surface area contributed by atoms with Crippen molar-refractivity contribution in [2.75, 3.05) is 0 Å². The fourth-order valence-corrected chi connectivity index (χ4v) is 1.46. The Balaban J connectivity index is 3.62. The van der Waals surface area contributed by atoms with E-state index in [0.717, 1.165) is 19.3 Å². The summed E-state index contributed by atoms with van der Waals surface area (Å²) in [7, 11) is 0. The minimum absolute atomic E-state index is 0.235. The standard InChI is InChI=1S/C12H25NO/c1-4-6-7-8-9-11(14)12(13)10(3)5-2/h10,12H,4-9,13H2,1-3H3. The number of carbonyl (C=O) groups excluding carboxylic acids is 1. The molecule has 0 aliphatic rings. The van der Waals surface area contributed by atoms with Gasteiger partial charge in [-0.1, -0.05) is 46.5 Å². The molecule has 2 atom stereocenters. The number of rotatable bonds is 8. The largest absolute Gasteiger partial charge is 0.321 e. The Morgan fingerprint density at radius 1 is 1.21 bits per heavy atom. The predicted octanol–water partition coefficient (Wildman–Crippen LogP) is 2.90. The van der Waals surface area contributed by atoms with Gasteiger partial charge in [-0.2, -0.15) is 0 Å². The van der Waals surface area contributed by atoms with Crippen LogP contribution in [0.15, 0.2) is 0 Å². The second kappa shape index (κ2) is 7.98. The molecule has 0 spiro atoms. The van der Waals surface area contributed by atoms with Crippen molar-refractivity contribution in [1.82, 2.24) is 0 Å². The lowest BCUT2D eigenvalue weighted by atomic mass is 9.93. The first kappa shape index (κ1) is 13.6. The Morgan fingerprint density at radius 2 is 1.86 bits per heavy atom. The van der Waals surface area contributed by atoms with Crippen LogP contribution in [0, 0.1) is 5.92 Å². The molecule has 2 heteroatoms. The Labute approximate surface area is 88.3 Å². The minimum Gasteiger partial charge on any atom is -0.321 e. The number of carbonyl (C=O) groups is 1. The molecular weight excluding hydrogens is 174 g/mol. The number of nitrogens with two attached hydrogens (primary N) is 1. The second-order valence-electron chi connectivity index (χ2n) is 4.19. The summed E-state index contributed by atoms with van der Waals surface area (Å²) in [4.78, 5) is 11.6. The molecule has 0 aromatic rings. The van der Waals surface area contributed by atoms with Gasteiger partial charge in [0.05, 0.1) is 6.04 Å². The lowest BCUT2D eigenvalue weighted by molar-refractivity contribution is -0.121. The molecule has 0 heterocycles. The van der Waals surface area contributed by atoms with Crippen LogP contribution < -0.4 is 5.73 Å². The van der Waals surface area contributed by atoms with Gasteiger partial charge in [-0.15, -0.1) is 0 Å². The molecule has 0 fully saturated rings. The Kier molecular flexibility index (Phi) is 7.77. The summed E-state index contributed by atoms with van der Waals surface area (Å²) in [5, 5.41) is 0. The highest BCUT2D eigenvalue weighted by Gasteiger charge is 2.18. The number of unbranched alkanes of at least 4 members (excludes halogenated alkanes) is 3. The summed E-state index contributed by atoms with van der Waals surface area (Å²) in [5.41, 5.74) is 5.84. The molecule has 14 heavy (non-hydrogen) atoms. The van der Waals surface area contributed by atoms with Crippen molar-refractivity contribution < 1.29 is 4.79 Å². The van der Waals surface area contributed by atoms with Crippen LogP contribution in [-0.2, 0) is 4.79 Å². The maximum atomic E-state index is 11.6. The van der Waals surface area contributed by atoms with Gasteiger partial charge >= 0.3 is 0 Å². The average molecular weight is 199 g/mol. The van der Waals surface area contributed by atoms with Crippen LogP contribution in [0.1, 0.15) is 59.3 Å². The lowest BCUT2D eigenvalue weighted by Gasteiger charge is -2.16. The van der Waals surface area contributed by atoms with Gasteiger partial charge in [0.15, 0.2) is 0 Å². The first-order valence-corrected chi connectivity index (χ1v) is 5.91. The third-order valence-corrected chi connectivity index (χ3v) is 2.91. The quantitative estimate of drug-likeness (QED) is 0.611. The van der Waals surface area contributed by atoms with Crippen molar-refractivity contribution in [3.63, 3.8) is 0 Å². The molecule has 2 nitrogen and oxygen atoms in total. The molecule has 2 N–H and O–H groups in total. The van der Waals surface area contributed by atoms with Crippen molar-refractivity contribution in [3.05, 3.63) is 0 Å². The molecule has 0 saturated carbocycles. The fourth-order valence-electron chi connectivity index (χ4n) is 1.46. The van der Waals surface area contributed by atoms with Crippen molar-refractivity contribution in [2.24, 2.45) is 11.7 Å². The van der Waals surface area contributed by atoms with E-state index >= 15 is 0 Å². The van der Waals surface area contributed by atoms with Gasteiger partial charge in [-0.3, -0.25) is 4.79 Å². The van der Waals surface area contributed by atoms with Crippen LogP contribution in [0.5, 0.6) is 0 Å². The molecule has 0 amide bonds. The van der Waals surface area contributed by atoms with Gasteiger partial charge in [-0.05, 0) is 12.3 Å². The monoisotopic (exact) mass is 199 g/mol. The van der Waals surface area contributed by atoms with Gasteiger partial charge < -0.3 is 5.73 Å². The van der Waals surface area contributed by atoms with E-state index in [2.05, 4.69) is 20.8 Å². The molecule has 0 rings (SSSR count). The third kappa shape index (κ3) is 5.38. The minimum atomic E-state index is -0.235. The highest BCUT2D eigenvalue weighted by atomic mass is 16.1. The summed E-state index contributed by atoms with van der Waals surface area (Å²) in [5.74, 6) is 0.573. The Bertz CT molecular complexity index is 156. The van der Waals surface area contributed by atoms with Gasteiger partial charge in [-0.25, -0.2) is 0 Å². The number of ketones is 1. The lowest BCUT2D eigenvalue weighted by Crippen LogP contribution is -2.36. The average Bonchev–Trinajstić information content (AvgIpc) is 2.21. The van der Waals surface area contributed by atoms with Crippen molar-refractivity contribution in [1.29, 1.82) is 0 Å². The van der Waals surface area contributed by atoms with E-state index in [-0.39, 0.29) is 11.8 Å². The molecule has 0 aliphatic heterocycles. The molecule has 0 aromatic heterocycles. The van der Waals surface area contributed by atoms with Crippen LogP contribution in [0.4, 0.5) is 0 Å². The highest BCUT2D eigenvalue weighted by Crippen LogP contribution is 2.10. The maximum Gasteiger partial charge on any atom is 0.149 e. The van der Waals surface area contributed by atoms with E-state index in [1.807, 2.05) is 0 Å². The number of hydrogen-bond donors (Lipinski definition) is 1. The van der Waals surface area contributed by atoms with Crippen LogP contribution >= 0.6 is 0 Å². The van der Waals surface area contributed by atoms with E-state index in [4.69, 9.17) is 5.73 Å². The van der Waals surface area contributed by atoms with E-state index < -0.39 is 0 Å². The van der Waals surface area contributed by atoms with Gasteiger partial charge in [0, 0.05) is 6.42 Å². The molecule has 0 aromatic carbocycles. The van der Waals surface area contributed by atoms with Crippen molar-refractivity contribution >= 4 is 5.78 Å². The molecule has 84 valence electrons. The predicted molar refractivity (Wildman–Crippen MR) is 61.2 cm³/mol. The van der Waals surface area contributed by atoms with Crippen LogP contribution in [-0.4, -0.2) is 11.8 Å². The maximum absolute atomic E-state index is 11.6. The Morgan fingerprint density at radius 3 is 2.36 bits per heavy atom. The summed E-state index contributed by atoms with van der Waals surface area (Å²) < 4.78 is 0. The smallest absolute Gasteiger partial charge is 0.149 e. The summed E-state index contributed by atoms with van der Waals surface area (Å²) in [6.07, 6.45) is 6.27.